The second kappa shape index (κ2) is 7.34. The number of nitrogens with one attached hydrogen (secondary N) is 3. The van der Waals surface area contributed by atoms with E-state index in [0.29, 0.717) is 19.6 Å². The first-order valence-electron chi connectivity index (χ1n) is 9.40. The van der Waals surface area contributed by atoms with Gasteiger partial charge in [0, 0.05) is 19.1 Å². The van der Waals surface area contributed by atoms with Crippen LogP contribution in [0.4, 0.5) is 4.79 Å². The van der Waals surface area contributed by atoms with E-state index in [2.05, 4.69) is 16.0 Å². The van der Waals surface area contributed by atoms with Gasteiger partial charge in [-0.15, -0.1) is 0 Å². The van der Waals surface area contributed by atoms with Crippen molar-refractivity contribution >= 4 is 6.03 Å². The normalized spacial score (nSPS) is 43.4. The Morgan fingerprint density at radius 1 is 1.20 bits per heavy atom. The van der Waals surface area contributed by atoms with Crippen LogP contribution < -0.4 is 21.7 Å². The summed E-state index contributed by atoms with van der Waals surface area (Å²) in [5, 5.41) is 19.7. The van der Waals surface area contributed by atoms with Crippen molar-refractivity contribution in [2.75, 3.05) is 19.8 Å². The molecule has 6 N–H and O–H groups in total. The molecule has 0 aromatic heterocycles. The lowest BCUT2D eigenvalue weighted by molar-refractivity contribution is -0.110. The monoisotopic (exact) mass is 355 g/mol. The summed E-state index contributed by atoms with van der Waals surface area (Å²) >= 11 is 0. The third-order valence-corrected chi connectivity index (χ3v) is 5.81. The maximum absolute atomic E-state index is 12.6. The molecule has 4 saturated heterocycles. The van der Waals surface area contributed by atoms with Crippen LogP contribution in [0.2, 0.25) is 0 Å². The minimum absolute atomic E-state index is 0.0311. The molecule has 0 aliphatic carbocycles. The van der Waals surface area contributed by atoms with Gasteiger partial charge in [-0.2, -0.15) is 0 Å². The molecule has 0 radical (unpaired) electrons. The molecule has 25 heavy (non-hydrogen) atoms. The van der Waals surface area contributed by atoms with Crippen molar-refractivity contribution in [3.8, 4) is 0 Å². The molecule has 4 aliphatic heterocycles. The zero-order valence-electron chi connectivity index (χ0n) is 14.4. The first kappa shape index (κ1) is 17.4. The molecule has 7 atom stereocenters. The summed E-state index contributed by atoms with van der Waals surface area (Å²) in [6, 6.07) is -0.128. The van der Waals surface area contributed by atoms with E-state index in [1.807, 2.05) is 4.90 Å². The number of carbonyl (C=O) groups excluding carboxylic acids is 1. The number of amides is 2. The lowest BCUT2D eigenvalue weighted by Crippen LogP contribution is -2.65. The number of ether oxygens (including phenoxy) is 2. The molecular formula is C16H29N5O4. The molecule has 4 heterocycles. The van der Waals surface area contributed by atoms with Gasteiger partial charge in [-0.1, -0.05) is 0 Å². The van der Waals surface area contributed by atoms with Crippen molar-refractivity contribution in [2.45, 2.75) is 69.0 Å². The molecule has 0 aromatic carbocycles. The van der Waals surface area contributed by atoms with Crippen molar-refractivity contribution < 1.29 is 19.4 Å². The van der Waals surface area contributed by atoms with Crippen LogP contribution in [-0.4, -0.2) is 72.7 Å². The van der Waals surface area contributed by atoms with E-state index in [1.165, 1.54) is 0 Å². The number of hydrogen-bond donors (Lipinski definition) is 5. The van der Waals surface area contributed by atoms with Gasteiger partial charge < -0.3 is 30.5 Å². The van der Waals surface area contributed by atoms with Crippen LogP contribution in [0.5, 0.6) is 0 Å². The molecular weight excluding hydrogens is 326 g/mol. The van der Waals surface area contributed by atoms with E-state index in [0.717, 1.165) is 32.2 Å². The molecule has 2 bridgehead atoms. The van der Waals surface area contributed by atoms with E-state index in [-0.39, 0.29) is 42.7 Å². The first-order chi connectivity index (χ1) is 12.1. The predicted octanol–water partition coefficient (Wildman–Crippen LogP) is -1.18. The molecule has 0 saturated carbocycles. The zero-order chi connectivity index (χ0) is 17.4. The molecule has 142 valence electrons. The smallest absolute Gasteiger partial charge is 0.320 e. The summed E-state index contributed by atoms with van der Waals surface area (Å²) in [5.74, 6) is -0.169. The van der Waals surface area contributed by atoms with Crippen LogP contribution in [0.1, 0.15) is 32.1 Å². The number of aliphatic hydroxyl groups excluding tert-OH is 1. The zero-order valence-corrected chi connectivity index (χ0v) is 14.4. The molecule has 0 aromatic rings. The van der Waals surface area contributed by atoms with Crippen LogP contribution in [0.25, 0.3) is 0 Å². The summed E-state index contributed by atoms with van der Waals surface area (Å²) in [6.07, 6.45) is 2.65. The molecule has 4 aliphatic rings. The van der Waals surface area contributed by atoms with Crippen molar-refractivity contribution in [1.82, 2.24) is 20.9 Å². The summed E-state index contributed by atoms with van der Waals surface area (Å²) in [5.41, 5.74) is 5.74. The van der Waals surface area contributed by atoms with E-state index < -0.39 is 6.23 Å². The second-order valence-corrected chi connectivity index (χ2v) is 7.39. The highest BCUT2D eigenvalue weighted by atomic mass is 16.5. The van der Waals surface area contributed by atoms with Crippen LogP contribution in [0.15, 0.2) is 0 Å². The Balaban J connectivity index is 1.59. The van der Waals surface area contributed by atoms with Crippen LogP contribution >= 0.6 is 0 Å². The number of piperidine rings is 2. The topological polar surface area (TPSA) is 121 Å². The van der Waals surface area contributed by atoms with Gasteiger partial charge in [0.2, 0.25) is 0 Å². The van der Waals surface area contributed by atoms with Gasteiger partial charge in [0.05, 0.1) is 18.3 Å². The fourth-order valence-corrected chi connectivity index (χ4v) is 4.53. The fraction of sp³-hybridized carbons (Fsp3) is 0.938. The van der Waals surface area contributed by atoms with Gasteiger partial charge in [-0.05, 0) is 38.6 Å². The third-order valence-electron chi connectivity index (χ3n) is 5.81. The molecule has 9 nitrogen and oxygen atoms in total. The maximum atomic E-state index is 12.6. The van der Waals surface area contributed by atoms with Gasteiger partial charge in [-0.25, -0.2) is 4.79 Å². The van der Waals surface area contributed by atoms with Gasteiger partial charge in [0.25, 0.3) is 0 Å². The van der Waals surface area contributed by atoms with E-state index in [9.17, 15) is 9.90 Å². The second-order valence-electron chi connectivity index (χ2n) is 7.39. The van der Waals surface area contributed by atoms with E-state index in [1.54, 1.807) is 0 Å². The van der Waals surface area contributed by atoms with Gasteiger partial charge in [0.1, 0.15) is 18.6 Å². The summed E-state index contributed by atoms with van der Waals surface area (Å²) < 4.78 is 12.1. The average Bonchev–Trinajstić information content (AvgIpc) is 2.93. The first-order valence-corrected chi connectivity index (χ1v) is 9.40. The van der Waals surface area contributed by atoms with Crippen molar-refractivity contribution in [1.29, 1.82) is 0 Å². The highest BCUT2D eigenvalue weighted by Crippen LogP contribution is 2.31. The number of fused-ring (bicyclic) bond motifs is 3. The molecule has 0 spiro atoms. The standard InChI is InChI=1S/C16H29N5O4/c17-13(22)9-3-4-11-19-15(9)25-8-2-1-7-24-10-5-6-18-14-12(10)21(11)16(23)20-14/h9-15,18-19,22H,1-8,17H2,(H,20,23). The Morgan fingerprint density at radius 3 is 2.80 bits per heavy atom. The van der Waals surface area contributed by atoms with Crippen LogP contribution in [-0.2, 0) is 9.47 Å². The van der Waals surface area contributed by atoms with Crippen molar-refractivity contribution in [3.63, 3.8) is 0 Å². The van der Waals surface area contributed by atoms with Crippen molar-refractivity contribution in [3.05, 3.63) is 0 Å². The molecule has 4 fully saturated rings. The molecule has 7 unspecified atom stereocenters. The number of rotatable bonds is 1. The van der Waals surface area contributed by atoms with Crippen LogP contribution in [0.3, 0.4) is 0 Å². The number of aliphatic hydroxyl groups is 1. The Labute approximate surface area is 147 Å². The third kappa shape index (κ3) is 3.36. The lowest BCUT2D eigenvalue weighted by atomic mass is 9.92. The molecule has 2 amide bonds. The number of nitrogens with two attached hydrogens (primary N) is 1. The van der Waals surface area contributed by atoms with E-state index >= 15 is 0 Å². The summed E-state index contributed by atoms with van der Waals surface area (Å²) in [6.45, 7) is 2.09. The van der Waals surface area contributed by atoms with Gasteiger partial charge >= 0.3 is 6.03 Å². The number of carbonyl (C=O) groups is 1. The lowest BCUT2D eigenvalue weighted by Gasteiger charge is -2.46. The molecule has 9 heteroatoms. The number of nitrogens with zero attached hydrogens (tertiary/aromatic N) is 1. The quantitative estimate of drug-likeness (QED) is 0.376. The Hall–Kier alpha value is -0.970. The van der Waals surface area contributed by atoms with Gasteiger partial charge in [-0.3, -0.25) is 10.6 Å². The predicted molar refractivity (Wildman–Crippen MR) is 89.1 cm³/mol. The van der Waals surface area contributed by atoms with E-state index in [4.69, 9.17) is 15.2 Å². The van der Waals surface area contributed by atoms with Crippen molar-refractivity contribution in [2.24, 2.45) is 11.7 Å². The van der Waals surface area contributed by atoms with Gasteiger partial charge in [0.15, 0.2) is 0 Å². The SMILES string of the molecule is NC(O)C1CCC2NC1OCCCCOC1CCNC3NC(=O)N2C31. The minimum Gasteiger partial charge on any atom is -0.378 e. The molecule has 4 rings (SSSR count). The minimum atomic E-state index is -0.932. The van der Waals surface area contributed by atoms with Crippen LogP contribution in [0, 0.1) is 5.92 Å². The Bertz CT molecular complexity index is 493. The summed E-state index contributed by atoms with van der Waals surface area (Å²) in [7, 11) is 0. The fourth-order valence-electron chi connectivity index (χ4n) is 4.53. The highest BCUT2D eigenvalue weighted by molar-refractivity contribution is 5.78. The average molecular weight is 355 g/mol. The Kier molecular flexibility index (Phi) is 5.12. The maximum Gasteiger partial charge on any atom is 0.320 e. The highest BCUT2D eigenvalue weighted by Gasteiger charge is 2.50. The largest absolute Gasteiger partial charge is 0.378 e. The Morgan fingerprint density at radius 2 is 2.00 bits per heavy atom. The summed E-state index contributed by atoms with van der Waals surface area (Å²) in [4.78, 5) is 14.5. The number of urea groups is 1. The number of hydrogen-bond acceptors (Lipinski definition) is 7.